The Morgan fingerprint density at radius 1 is 1.78 bits per heavy atom. The first-order valence-electron chi connectivity index (χ1n) is 2.97. The summed E-state index contributed by atoms with van der Waals surface area (Å²) in [7, 11) is 0. The molecule has 1 rings (SSSR count). The molecule has 1 unspecified atom stereocenters. The van der Waals surface area contributed by atoms with Gasteiger partial charge in [-0.3, -0.25) is 0 Å². The number of hydrogen-bond acceptors (Lipinski definition) is 1. The van der Waals surface area contributed by atoms with Gasteiger partial charge >= 0.3 is 0 Å². The van der Waals surface area contributed by atoms with Gasteiger partial charge in [-0.2, -0.15) is 0 Å². The largest absolute Gasteiger partial charge is 0.396 e. The van der Waals surface area contributed by atoms with Crippen LogP contribution in [0.3, 0.4) is 0 Å². The van der Waals surface area contributed by atoms with Crippen molar-refractivity contribution in [2.24, 2.45) is 5.92 Å². The van der Waals surface area contributed by atoms with Gasteiger partial charge in [0.15, 0.2) is 0 Å². The third kappa shape index (κ3) is 1.95. The van der Waals surface area contributed by atoms with E-state index in [-0.39, 0.29) is 6.61 Å². The van der Waals surface area contributed by atoms with Crippen LogP contribution < -0.4 is 0 Å². The smallest absolute Gasteiger partial charge is 0.0496 e. The van der Waals surface area contributed by atoms with Crippen molar-refractivity contribution in [2.45, 2.75) is 6.42 Å². The molecule has 0 saturated carbocycles. The molecule has 1 nitrogen and oxygen atoms in total. The summed E-state index contributed by atoms with van der Waals surface area (Å²) in [6, 6.07) is 0. The molecule has 0 amide bonds. The maximum absolute atomic E-state index is 8.68. The quantitative estimate of drug-likeness (QED) is 0.667. The molecule has 2 heteroatoms. The van der Waals surface area contributed by atoms with Crippen molar-refractivity contribution in [1.82, 2.24) is 0 Å². The zero-order valence-corrected chi connectivity index (χ0v) is 6.63. The lowest BCUT2D eigenvalue weighted by atomic mass is 10.0. The molecule has 0 aromatic heterocycles. The summed E-state index contributed by atoms with van der Waals surface area (Å²) < 4.78 is 1.12. The summed E-state index contributed by atoms with van der Waals surface area (Å²) in [5, 5.41) is 8.68. The van der Waals surface area contributed by atoms with Crippen molar-refractivity contribution in [2.75, 3.05) is 6.61 Å². The number of halogens is 1. The molecule has 0 fully saturated rings. The van der Waals surface area contributed by atoms with E-state index in [2.05, 4.69) is 22.0 Å². The maximum Gasteiger partial charge on any atom is 0.0496 e. The van der Waals surface area contributed by atoms with E-state index < -0.39 is 0 Å². The highest BCUT2D eigenvalue weighted by Gasteiger charge is 2.04. The normalized spacial score (nSPS) is 26.0. The molecular formula is C7H9BrO. The topological polar surface area (TPSA) is 20.2 Å². The molecule has 1 aliphatic rings. The van der Waals surface area contributed by atoms with E-state index in [0.29, 0.717) is 5.92 Å². The molecule has 0 aromatic carbocycles. The fourth-order valence-electron chi connectivity index (χ4n) is 0.774. The van der Waals surface area contributed by atoms with Gasteiger partial charge in [-0.05, 0) is 6.42 Å². The summed E-state index contributed by atoms with van der Waals surface area (Å²) in [5.74, 6) is 0.339. The second kappa shape index (κ2) is 3.18. The van der Waals surface area contributed by atoms with Crippen LogP contribution in [0.15, 0.2) is 22.7 Å². The van der Waals surface area contributed by atoms with Crippen LogP contribution in [-0.4, -0.2) is 11.7 Å². The molecule has 0 heterocycles. The lowest BCUT2D eigenvalue weighted by molar-refractivity contribution is 0.253. The number of aliphatic hydroxyl groups excluding tert-OH is 1. The van der Waals surface area contributed by atoms with Gasteiger partial charge in [0.1, 0.15) is 0 Å². The van der Waals surface area contributed by atoms with Crippen molar-refractivity contribution in [3.8, 4) is 0 Å². The van der Waals surface area contributed by atoms with Gasteiger partial charge in [0.05, 0.1) is 0 Å². The Morgan fingerprint density at radius 3 is 3.00 bits per heavy atom. The van der Waals surface area contributed by atoms with Crippen molar-refractivity contribution in [1.29, 1.82) is 0 Å². The first kappa shape index (κ1) is 7.03. The standard InChI is InChI=1S/C7H9BrO/c8-7-3-1-6(5-9)2-4-7/h1,3-4,6,9H,2,5H2. The molecule has 50 valence electrons. The summed E-state index contributed by atoms with van der Waals surface area (Å²) in [4.78, 5) is 0. The molecule has 0 radical (unpaired) electrons. The maximum atomic E-state index is 8.68. The van der Waals surface area contributed by atoms with E-state index in [0.717, 1.165) is 10.9 Å². The van der Waals surface area contributed by atoms with Crippen LogP contribution in [0.2, 0.25) is 0 Å². The molecule has 0 saturated heterocycles. The van der Waals surface area contributed by atoms with E-state index in [4.69, 9.17) is 5.11 Å². The Kier molecular flexibility index (Phi) is 2.49. The predicted molar refractivity (Wildman–Crippen MR) is 41.3 cm³/mol. The minimum absolute atomic E-state index is 0.257. The van der Waals surface area contributed by atoms with Crippen LogP contribution in [0.1, 0.15) is 6.42 Å². The average Bonchev–Trinajstić information content (AvgIpc) is 1.90. The van der Waals surface area contributed by atoms with Gasteiger partial charge in [0.2, 0.25) is 0 Å². The second-order valence-electron chi connectivity index (χ2n) is 2.13. The van der Waals surface area contributed by atoms with Crippen LogP contribution in [-0.2, 0) is 0 Å². The lowest BCUT2D eigenvalue weighted by Crippen LogP contribution is -2.02. The number of hydrogen-bond donors (Lipinski definition) is 1. The van der Waals surface area contributed by atoms with Crippen LogP contribution in [0.25, 0.3) is 0 Å². The molecule has 0 aromatic rings. The van der Waals surface area contributed by atoms with Crippen LogP contribution in [0, 0.1) is 5.92 Å². The van der Waals surface area contributed by atoms with Crippen LogP contribution >= 0.6 is 15.9 Å². The number of aliphatic hydroxyl groups is 1. The third-order valence-corrected chi connectivity index (χ3v) is 1.97. The van der Waals surface area contributed by atoms with Crippen molar-refractivity contribution >= 4 is 15.9 Å². The zero-order chi connectivity index (χ0) is 6.69. The summed E-state index contributed by atoms with van der Waals surface area (Å²) in [6.45, 7) is 0.257. The molecule has 1 N–H and O–H groups in total. The fourth-order valence-corrected chi connectivity index (χ4v) is 1.11. The van der Waals surface area contributed by atoms with Crippen LogP contribution in [0.5, 0.6) is 0 Å². The molecule has 0 bridgehead atoms. The van der Waals surface area contributed by atoms with E-state index in [1.54, 1.807) is 0 Å². The van der Waals surface area contributed by atoms with E-state index in [1.165, 1.54) is 0 Å². The minimum Gasteiger partial charge on any atom is -0.396 e. The summed E-state index contributed by atoms with van der Waals surface area (Å²) >= 11 is 3.34. The van der Waals surface area contributed by atoms with E-state index in [1.807, 2.05) is 12.2 Å². The Morgan fingerprint density at radius 2 is 2.56 bits per heavy atom. The number of rotatable bonds is 1. The first-order valence-corrected chi connectivity index (χ1v) is 3.77. The second-order valence-corrected chi connectivity index (χ2v) is 3.04. The Bertz CT molecular complexity index is 149. The van der Waals surface area contributed by atoms with Crippen LogP contribution in [0.4, 0.5) is 0 Å². The molecule has 0 aliphatic heterocycles. The average molecular weight is 189 g/mol. The van der Waals surface area contributed by atoms with Crippen molar-refractivity contribution < 1.29 is 5.11 Å². The molecule has 0 spiro atoms. The van der Waals surface area contributed by atoms with Gasteiger partial charge in [0.25, 0.3) is 0 Å². The molecular weight excluding hydrogens is 180 g/mol. The monoisotopic (exact) mass is 188 g/mol. The molecule has 1 aliphatic carbocycles. The highest BCUT2D eigenvalue weighted by molar-refractivity contribution is 9.11. The minimum atomic E-state index is 0.257. The van der Waals surface area contributed by atoms with Gasteiger partial charge < -0.3 is 5.11 Å². The van der Waals surface area contributed by atoms with Crippen molar-refractivity contribution in [3.05, 3.63) is 22.7 Å². The third-order valence-electron chi connectivity index (χ3n) is 1.38. The van der Waals surface area contributed by atoms with Gasteiger partial charge in [0, 0.05) is 17.0 Å². The Balaban J connectivity index is 2.48. The highest BCUT2D eigenvalue weighted by Crippen LogP contribution is 2.18. The van der Waals surface area contributed by atoms with Crippen molar-refractivity contribution in [3.63, 3.8) is 0 Å². The summed E-state index contributed by atoms with van der Waals surface area (Å²) in [5.41, 5.74) is 0. The Labute approximate surface area is 63.2 Å². The zero-order valence-electron chi connectivity index (χ0n) is 5.05. The molecule has 1 atom stereocenters. The fraction of sp³-hybridized carbons (Fsp3) is 0.429. The van der Waals surface area contributed by atoms with Gasteiger partial charge in [-0.15, -0.1) is 0 Å². The van der Waals surface area contributed by atoms with E-state index >= 15 is 0 Å². The molecule has 9 heavy (non-hydrogen) atoms. The highest BCUT2D eigenvalue weighted by atomic mass is 79.9. The Hall–Kier alpha value is -0.0800. The predicted octanol–water partition coefficient (Wildman–Crippen LogP) is 1.83. The first-order chi connectivity index (χ1) is 4.33. The lowest BCUT2D eigenvalue weighted by Gasteiger charge is -2.09. The van der Waals surface area contributed by atoms with Gasteiger partial charge in [-0.1, -0.05) is 34.2 Å². The summed E-state index contributed by atoms with van der Waals surface area (Å²) in [6.07, 6.45) is 7.02. The van der Waals surface area contributed by atoms with Gasteiger partial charge in [-0.25, -0.2) is 0 Å². The number of allylic oxidation sites excluding steroid dienone is 3. The van der Waals surface area contributed by atoms with E-state index in [9.17, 15) is 0 Å². The SMILES string of the molecule is OCC1C=CC(Br)=CC1.